The number of amides is 2. The molecule has 2 aromatic rings. The lowest BCUT2D eigenvalue weighted by molar-refractivity contribution is 0.0320. The molecule has 0 spiro atoms. The number of nitrogens with zero attached hydrogens (tertiary/aromatic N) is 2. The van der Waals surface area contributed by atoms with E-state index in [0.29, 0.717) is 28.9 Å². The Hall–Kier alpha value is -2.35. The molecule has 2 amide bonds. The van der Waals surface area contributed by atoms with Crippen molar-refractivity contribution in [2.45, 2.75) is 0 Å². The van der Waals surface area contributed by atoms with E-state index in [1.807, 2.05) is 0 Å². The van der Waals surface area contributed by atoms with Crippen LogP contribution >= 0.6 is 11.6 Å². The Balaban J connectivity index is 1.41. The van der Waals surface area contributed by atoms with Crippen molar-refractivity contribution in [1.82, 2.24) is 9.88 Å². The summed E-state index contributed by atoms with van der Waals surface area (Å²) in [6.07, 6.45) is 1.56. The van der Waals surface area contributed by atoms with Gasteiger partial charge in [-0.1, -0.05) is 11.6 Å². The molecular formula is C18H21ClN4O3. The summed E-state index contributed by atoms with van der Waals surface area (Å²) in [5.41, 5.74) is 1.24. The van der Waals surface area contributed by atoms with Crippen molar-refractivity contribution in [2.24, 2.45) is 0 Å². The van der Waals surface area contributed by atoms with E-state index >= 15 is 0 Å². The molecule has 8 heteroatoms. The Morgan fingerprint density at radius 1 is 1.12 bits per heavy atom. The molecule has 1 aromatic carbocycles. The van der Waals surface area contributed by atoms with Gasteiger partial charge in [0.2, 0.25) is 5.88 Å². The van der Waals surface area contributed by atoms with Crippen molar-refractivity contribution in [2.75, 3.05) is 50.1 Å². The normalized spacial score (nSPS) is 14.7. The first-order valence-electron chi connectivity index (χ1n) is 8.41. The van der Waals surface area contributed by atoms with Crippen LogP contribution in [0, 0.1) is 0 Å². The Labute approximate surface area is 157 Å². The Bertz CT molecular complexity index is 703. The van der Waals surface area contributed by atoms with Crippen LogP contribution in [0.3, 0.4) is 0 Å². The van der Waals surface area contributed by atoms with Crippen LogP contribution in [-0.2, 0) is 4.74 Å². The number of nitrogens with one attached hydrogen (secondary N) is 2. The van der Waals surface area contributed by atoms with Gasteiger partial charge >= 0.3 is 6.03 Å². The van der Waals surface area contributed by atoms with Crippen molar-refractivity contribution in [3.63, 3.8) is 0 Å². The van der Waals surface area contributed by atoms with Crippen LogP contribution in [-0.4, -0.2) is 55.4 Å². The zero-order valence-electron chi connectivity index (χ0n) is 14.3. The number of aromatic nitrogens is 1. The fourth-order valence-corrected chi connectivity index (χ4v) is 2.60. The van der Waals surface area contributed by atoms with Gasteiger partial charge in [-0.15, -0.1) is 0 Å². The summed E-state index contributed by atoms with van der Waals surface area (Å²) in [5.74, 6) is 0.530. The number of halogens is 1. The molecule has 7 nitrogen and oxygen atoms in total. The minimum Gasteiger partial charge on any atom is -0.476 e. The SMILES string of the molecule is O=C(Nc1ccc(Cl)cc1)Nc1ccc(OCCN2CCOCC2)nc1. The molecule has 1 saturated heterocycles. The molecule has 26 heavy (non-hydrogen) atoms. The third kappa shape index (κ3) is 5.87. The van der Waals surface area contributed by atoms with Crippen LogP contribution in [0.15, 0.2) is 42.6 Å². The zero-order valence-corrected chi connectivity index (χ0v) is 15.0. The summed E-state index contributed by atoms with van der Waals surface area (Å²) in [4.78, 5) is 18.5. The predicted molar refractivity (Wildman–Crippen MR) is 101 cm³/mol. The highest BCUT2D eigenvalue weighted by molar-refractivity contribution is 6.30. The number of pyridine rings is 1. The molecule has 0 saturated carbocycles. The van der Waals surface area contributed by atoms with Crippen LogP contribution in [0.25, 0.3) is 0 Å². The van der Waals surface area contributed by atoms with E-state index < -0.39 is 0 Å². The van der Waals surface area contributed by atoms with Crippen molar-refractivity contribution in [1.29, 1.82) is 0 Å². The van der Waals surface area contributed by atoms with Crippen LogP contribution in [0.1, 0.15) is 0 Å². The second-order valence-electron chi connectivity index (χ2n) is 5.77. The largest absolute Gasteiger partial charge is 0.476 e. The Kier molecular flexibility index (Phi) is 6.65. The lowest BCUT2D eigenvalue weighted by Gasteiger charge is -2.26. The second-order valence-corrected chi connectivity index (χ2v) is 6.21. The van der Waals surface area contributed by atoms with E-state index in [1.165, 1.54) is 0 Å². The fourth-order valence-electron chi connectivity index (χ4n) is 2.47. The summed E-state index contributed by atoms with van der Waals surface area (Å²) in [7, 11) is 0. The van der Waals surface area contributed by atoms with E-state index in [0.717, 1.165) is 32.8 Å². The van der Waals surface area contributed by atoms with Gasteiger partial charge in [0.25, 0.3) is 0 Å². The Morgan fingerprint density at radius 3 is 2.50 bits per heavy atom. The maximum Gasteiger partial charge on any atom is 0.323 e. The number of urea groups is 1. The molecule has 2 heterocycles. The molecule has 0 bridgehead atoms. The molecule has 1 fully saturated rings. The number of carbonyl (C=O) groups excluding carboxylic acids is 1. The molecule has 0 aliphatic carbocycles. The van der Waals surface area contributed by atoms with Crippen molar-refractivity contribution >= 4 is 29.0 Å². The Morgan fingerprint density at radius 2 is 1.81 bits per heavy atom. The van der Waals surface area contributed by atoms with Crippen molar-refractivity contribution in [3.8, 4) is 5.88 Å². The molecule has 0 radical (unpaired) electrons. The first kappa shape index (κ1) is 18.4. The minimum absolute atomic E-state index is 0.352. The summed E-state index contributed by atoms with van der Waals surface area (Å²) >= 11 is 5.82. The van der Waals surface area contributed by atoms with Gasteiger partial charge in [0.05, 0.1) is 25.1 Å². The lowest BCUT2D eigenvalue weighted by Crippen LogP contribution is -2.38. The maximum absolute atomic E-state index is 12.0. The van der Waals surface area contributed by atoms with Crippen molar-refractivity contribution < 1.29 is 14.3 Å². The number of anilines is 2. The third-order valence-corrected chi connectivity index (χ3v) is 4.11. The van der Waals surface area contributed by atoms with E-state index in [-0.39, 0.29) is 6.03 Å². The van der Waals surface area contributed by atoms with Gasteiger partial charge in [-0.3, -0.25) is 4.90 Å². The fraction of sp³-hybridized carbons (Fsp3) is 0.333. The van der Waals surface area contributed by atoms with Gasteiger partial charge in [0.1, 0.15) is 6.61 Å². The summed E-state index contributed by atoms with van der Waals surface area (Å²) in [6.45, 7) is 4.82. The number of morpholine rings is 1. The number of carbonyl (C=O) groups is 1. The van der Waals surface area contributed by atoms with Gasteiger partial charge in [-0.05, 0) is 30.3 Å². The minimum atomic E-state index is -0.352. The van der Waals surface area contributed by atoms with Crippen LogP contribution in [0.4, 0.5) is 16.2 Å². The summed E-state index contributed by atoms with van der Waals surface area (Å²) in [5, 5.41) is 6.05. The highest BCUT2D eigenvalue weighted by Crippen LogP contribution is 2.15. The molecule has 0 atom stereocenters. The molecule has 1 aromatic heterocycles. The number of benzene rings is 1. The number of hydrogen-bond acceptors (Lipinski definition) is 5. The van der Waals surface area contributed by atoms with Crippen LogP contribution in [0.5, 0.6) is 5.88 Å². The third-order valence-electron chi connectivity index (χ3n) is 3.86. The van der Waals surface area contributed by atoms with E-state index in [1.54, 1.807) is 42.6 Å². The molecular weight excluding hydrogens is 356 g/mol. The zero-order chi connectivity index (χ0) is 18.2. The average Bonchev–Trinajstić information content (AvgIpc) is 2.66. The maximum atomic E-state index is 12.0. The molecule has 1 aliphatic rings. The topological polar surface area (TPSA) is 75.7 Å². The van der Waals surface area contributed by atoms with E-state index in [2.05, 4.69) is 20.5 Å². The second kappa shape index (κ2) is 9.38. The van der Waals surface area contributed by atoms with E-state index in [4.69, 9.17) is 21.1 Å². The molecule has 2 N–H and O–H groups in total. The quantitative estimate of drug-likeness (QED) is 0.810. The number of rotatable bonds is 6. The van der Waals surface area contributed by atoms with Gasteiger partial charge in [0.15, 0.2) is 0 Å². The van der Waals surface area contributed by atoms with Gasteiger partial charge in [0, 0.05) is 36.4 Å². The molecule has 0 unspecified atom stereocenters. The molecule has 1 aliphatic heterocycles. The molecule has 138 valence electrons. The molecule has 3 rings (SSSR count). The van der Waals surface area contributed by atoms with E-state index in [9.17, 15) is 4.79 Å². The van der Waals surface area contributed by atoms with Gasteiger partial charge in [-0.25, -0.2) is 9.78 Å². The highest BCUT2D eigenvalue weighted by atomic mass is 35.5. The monoisotopic (exact) mass is 376 g/mol. The predicted octanol–water partition coefficient (Wildman–Crippen LogP) is 3.09. The summed E-state index contributed by atoms with van der Waals surface area (Å²) < 4.78 is 11.0. The summed E-state index contributed by atoms with van der Waals surface area (Å²) in [6, 6.07) is 10.0. The van der Waals surface area contributed by atoms with Gasteiger partial charge in [-0.2, -0.15) is 0 Å². The van der Waals surface area contributed by atoms with Crippen molar-refractivity contribution in [3.05, 3.63) is 47.6 Å². The number of ether oxygens (including phenoxy) is 2. The highest BCUT2D eigenvalue weighted by Gasteiger charge is 2.10. The van der Waals surface area contributed by atoms with Gasteiger partial charge < -0.3 is 20.1 Å². The smallest absolute Gasteiger partial charge is 0.323 e. The first-order valence-corrected chi connectivity index (χ1v) is 8.79. The first-order chi connectivity index (χ1) is 12.7. The standard InChI is InChI=1S/C18H21ClN4O3/c19-14-1-3-15(4-2-14)21-18(24)22-16-5-6-17(20-13-16)26-12-9-23-7-10-25-11-8-23/h1-6,13H,7-12H2,(H2,21,22,24). The van der Waals surface area contributed by atoms with Crippen LogP contribution in [0.2, 0.25) is 5.02 Å². The average molecular weight is 377 g/mol. The number of hydrogen-bond donors (Lipinski definition) is 2. The lowest BCUT2D eigenvalue weighted by atomic mass is 10.3. The van der Waals surface area contributed by atoms with Crippen LogP contribution < -0.4 is 15.4 Å².